The van der Waals surface area contributed by atoms with E-state index in [1.54, 1.807) is 6.20 Å². The molecule has 2 aliphatic rings. The first-order valence-electron chi connectivity index (χ1n) is 10.6. The molecule has 2 fully saturated rings. The molecule has 5 heteroatoms. The summed E-state index contributed by atoms with van der Waals surface area (Å²) in [6, 6.07) is 8.16. The number of hydrogen-bond donors (Lipinski definition) is 0. The summed E-state index contributed by atoms with van der Waals surface area (Å²) in [6.07, 6.45) is 12.5. The van der Waals surface area contributed by atoms with Crippen molar-refractivity contribution in [1.29, 1.82) is 0 Å². The molecule has 5 nitrogen and oxygen atoms in total. The molecule has 28 heavy (non-hydrogen) atoms. The average Bonchev–Trinajstić information content (AvgIpc) is 3.24. The first-order valence-corrected chi connectivity index (χ1v) is 10.6. The Bertz CT molecular complexity index is 744. The topological polar surface area (TPSA) is 49.3 Å². The summed E-state index contributed by atoms with van der Waals surface area (Å²) in [7, 11) is 0. The van der Waals surface area contributed by atoms with Gasteiger partial charge in [-0.1, -0.05) is 12.1 Å². The lowest BCUT2D eigenvalue weighted by molar-refractivity contribution is -0.130. The molecule has 0 radical (unpaired) electrons. The number of aromatic nitrogens is 2. The number of hydrogen-bond acceptors (Lipinski definition) is 4. The van der Waals surface area contributed by atoms with E-state index in [4.69, 9.17) is 0 Å². The number of piperidine rings is 1. The Kier molecular flexibility index (Phi) is 6.32. The van der Waals surface area contributed by atoms with E-state index < -0.39 is 0 Å². The van der Waals surface area contributed by atoms with E-state index in [0.717, 1.165) is 50.6 Å². The summed E-state index contributed by atoms with van der Waals surface area (Å²) in [5.74, 6) is 1.75. The lowest BCUT2D eigenvalue weighted by Gasteiger charge is -2.34. The van der Waals surface area contributed by atoms with Crippen molar-refractivity contribution in [2.45, 2.75) is 38.6 Å². The van der Waals surface area contributed by atoms with Crippen LogP contribution >= 0.6 is 0 Å². The van der Waals surface area contributed by atoms with Crippen LogP contribution in [0.15, 0.2) is 49.1 Å². The third-order valence-corrected chi connectivity index (χ3v) is 6.36. The van der Waals surface area contributed by atoms with Crippen molar-refractivity contribution in [3.63, 3.8) is 0 Å². The molecule has 0 spiro atoms. The Morgan fingerprint density at radius 2 is 1.61 bits per heavy atom. The van der Waals surface area contributed by atoms with Gasteiger partial charge in [0.2, 0.25) is 5.91 Å². The van der Waals surface area contributed by atoms with Crippen molar-refractivity contribution < 1.29 is 4.79 Å². The molecule has 0 N–H and O–H groups in total. The molecular weight excluding hydrogens is 348 g/mol. The second kappa shape index (κ2) is 9.28. The first kappa shape index (κ1) is 19.1. The Balaban J connectivity index is 1.20. The summed E-state index contributed by atoms with van der Waals surface area (Å²) in [5.41, 5.74) is 2.44. The first-order chi connectivity index (χ1) is 13.8. The van der Waals surface area contributed by atoms with Crippen molar-refractivity contribution in [3.05, 3.63) is 60.2 Å². The van der Waals surface area contributed by atoms with Crippen LogP contribution in [0, 0.1) is 11.8 Å². The molecule has 2 aliphatic heterocycles. The van der Waals surface area contributed by atoms with Crippen LogP contribution in [-0.4, -0.2) is 51.9 Å². The minimum Gasteiger partial charge on any atom is -0.342 e. The second-order valence-electron chi connectivity index (χ2n) is 8.22. The van der Waals surface area contributed by atoms with Crippen molar-refractivity contribution in [3.8, 4) is 0 Å². The number of likely N-dealkylation sites (tertiary alicyclic amines) is 2. The molecule has 2 saturated heterocycles. The van der Waals surface area contributed by atoms with E-state index in [-0.39, 0.29) is 0 Å². The van der Waals surface area contributed by atoms with E-state index in [1.807, 2.05) is 36.8 Å². The average molecular weight is 379 g/mol. The zero-order valence-corrected chi connectivity index (χ0v) is 16.5. The maximum atomic E-state index is 12.6. The highest BCUT2D eigenvalue weighted by Crippen LogP contribution is 2.32. The van der Waals surface area contributed by atoms with Crippen LogP contribution in [0.1, 0.15) is 36.8 Å². The number of carbonyl (C=O) groups is 1. The van der Waals surface area contributed by atoms with Crippen molar-refractivity contribution in [2.75, 3.05) is 26.2 Å². The number of carbonyl (C=O) groups excluding carboxylic acids is 1. The van der Waals surface area contributed by atoms with Crippen LogP contribution in [0.4, 0.5) is 0 Å². The quantitative estimate of drug-likeness (QED) is 0.775. The molecule has 4 rings (SSSR count). The molecule has 0 bridgehead atoms. The highest BCUT2D eigenvalue weighted by molar-refractivity contribution is 5.76. The molecule has 0 aromatic carbocycles. The Labute approximate surface area is 167 Å². The van der Waals surface area contributed by atoms with Gasteiger partial charge >= 0.3 is 0 Å². The third kappa shape index (κ3) is 4.96. The van der Waals surface area contributed by atoms with Crippen molar-refractivity contribution in [2.24, 2.45) is 11.8 Å². The lowest BCUT2D eigenvalue weighted by Crippen LogP contribution is -2.37. The Hall–Kier alpha value is -2.27. The number of rotatable bonds is 6. The SMILES string of the molecule is O=C(CCc1cccnc1)N1CC[C@H](C2CCN(Cc3cccnc3)CC2)C1. The van der Waals surface area contributed by atoms with Crippen LogP contribution in [0.5, 0.6) is 0 Å². The van der Waals surface area contributed by atoms with Gasteiger partial charge in [-0.25, -0.2) is 0 Å². The molecule has 1 atom stereocenters. The minimum atomic E-state index is 0.306. The second-order valence-corrected chi connectivity index (χ2v) is 8.22. The molecule has 1 amide bonds. The van der Waals surface area contributed by atoms with E-state index in [2.05, 4.69) is 25.8 Å². The number of pyridine rings is 2. The molecule has 0 aliphatic carbocycles. The fourth-order valence-corrected chi connectivity index (χ4v) is 4.69. The molecule has 148 valence electrons. The van der Waals surface area contributed by atoms with Gasteiger partial charge in [0.15, 0.2) is 0 Å². The van der Waals surface area contributed by atoms with Gasteiger partial charge in [-0.15, -0.1) is 0 Å². The number of aryl methyl sites for hydroxylation is 1. The predicted octanol–water partition coefficient (Wildman–Crippen LogP) is 3.17. The summed E-state index contributed by atoms with van der Waals surface area (Å²) in [4.78, 5) is 25.6. The summed E-state index contributed by atoms with van der Waals surface area (Å²) in [6.45, 7) is 5.21. The van der Waals surface area contributed by atoms with Crippen LogP contribution < -0.4 is 0 Å². The summed E-state index contributed by atoms with van der Waals surface area (Å²) in [5, 5.41) is 0. The zero-order valence-electron chi connectivity index (χ0n) is 16.5. The van der Waals surface area contributed by atoms with Gasteiger partial charge in [-0.05, 0) is 73.9 Å². The van der Waals surface area contributed by atoms with Gasteiger partial charge in [0.25, 0.3) is 0 Å². The highest BCUT2D eigenvalue weighted by atomic mass is 16.2. The summed E-state index contributed by atoms with van der Waals surface area (Å²) >= 11 is 0. The van der Waals surface area contributed by atoms with Gasteiger partial charge in [-0.3, -0.25) is 19.7 Å². The largest absolute Gasteiger partial charge is 0.342 e. The zero-order chi connectivity index (χ0) is 19.2. The van der Waals surface area contributed by atoms with Gasteiger partial charge in [-0.2, -0.15) is 0 Å². The normalized spacial score (nSPS) is 21.1. The van der Waals surface area contributed by atoms with Crippen LogP contribution in [0.25, 0.3) is 0 Å². The van der Waals surface area contributed by atoms with Crippen LogP contribution in [-0.2, 0) is 17.8 Å². The number of nitrogens with zero attached hydrogens (tertiary/aromatic N) is 4. The monoisotopic (exact) mass is 378 g/mol. The maximum Gasteiger partial charge on any atom is 0.222 e. The molecule has 0 saturated carbocycles. The lowest BCUT2D eigenvalue weighted by atomic mass is 9.83. The Morgan fingerprint density at radius 1 is 0.929 bits per heavy atom. The van der Waals surface area contributed by atoms with E-state index in [9.17, 15) is 4.79 Å². The Morgan fingerprint density at radius 3 is 2.29 bits per heavy atom. The van der Waals surface area contributed by atoms with Crippen LogP contribution in [0.3, 0.4) is 0 Å². The minimum absolute atomic E-state index is 0.306. The number of amides is 1. The highest BCUT2D eigenvalue weighted by Gasteiger charge is 2.33. The molecular formula is C23H30N4O. The fourth-order valence-electron chi connectivity index (χ4n) is 4.69. The van der Waals surface area contributed by atoms with E-state index in [0.29, 0.717) is 18.2 Å². The molecule has 2 aromatic rings. The summed E-state index contributed by atoms with van der Waals surface area (Å²) < 4.78 is 0. The van der Waals surface area contributed by atoms with Gasteiger partial charge < -0.3 is 4.90 Å². The standard InChI is InChI=1S/C23H30N4O/c28-23(6-5-19-3-1-10-24-15-19)27-14-9-22(18-27)21-7-12-26(13-8-21)17-20-4-2-11-25-16-20/h1-4,10-11,15-16,21-22H,5-9,12-14,17-18H2/t22-/m0/s1. The van der Waals surface area contributed by atoms with Gasteiger partial charge in [0.05, 0.1) is 0 Å². The van der Waals surface area contributed by atoms with Crippen molar-refractivity contribution in [1.82, 2.24) is 19.8 Å². The fraction of sp³-hybridized carbons (Fsp3) is 0.522. The predicted molar refractivity (Wildman–Crippen MR) is 109 cm³/mol. The van der Waals surface area contributed by atoms with Crippen LogP contribution in [0.2, 0.25) is 0 Å². The molecule has 0 unspecified atom stereocenters. The van der Waals surface area contributed by atoms with E-state index >= 15 is 0 Å². The smallest absolute Gasteiger partial charge is 0.222 e. The van der Waals surface area contributed by atoms with Crippen molar-refractivity contribution >= 4 is 5.91 Å². The van der Waals surface area contributed by atoms with Gasteiger partial charge in [0.1, 0.15) is 0 Å². The third-order valence-electron chi connectivity index (χ3n) is 6.36. The molecule has 4 heterocycles. The molecule has 2 aromatic heterocycles. The van der Waals surface area contributed by atoms with E-state index in [1.165, 1.54) is 24.8 Å². The maximum absolute atomic E-state index is 12.6. The van der Waals surface area contributed by atoms with Gasteiger partial charge in [0, 0.05) is 50.8 Å².